The Morgan fingerprint density at radius 1 is 1.44 bits per heavy atom. The summed E-state index contributed by atoms with van der Waals surface area (Å²) < 4.78 is 8.45. The van der Waals surface area contributed by atoms with Crippen LogP contribution >= 0.6 is 22.6 Å². The van der Waals surface area contributed by atoms with E-state index >= 15 is 0 Å². The van der Waals surface area contributed by atoms with E-state index in [0.29, 0.717) is 30.1 Å². The van der Waals surface area contributed by atoms with Gasteiger partial charge in [0, 0.05) is 17.5 Å². The molecule has 4 atom stereocenters. The fourth-order valence-electron chi connectivity index (χ4n) is 2.96. The molecule has 1 aliphatic heterocycles. The zero-order chi connectivity index (χ0) is 18.0. The molecule has 0 saturated carbocycles. The molecule has 2 aromatic heterocycles. The summed E-state index contributed by atoms with van der Waals surface area (Å²) in [4.78, 5) is 13.1. The quantitative estimate of drug-likeness (QED) is 0.186. The lowest BCUT2D eigenvalue weighted by Crippen LogP contribution is -2.45. The van der Waals surface area contributed by atoms with Crippen molar-refractivity contribution < 1.29 is 19.5 Å². The molecule has 5 N–H and O–H groups in total. The van der Waals surface area contributed by atoms with Crippen LogP contribution in [-0.4, -0.2) is 72.4 Å². The topological polar surface area (TPSA) is 124 Å². The van der Waals surface area contributed by atoms with Crippen LogP contribution in [0.25, 0.3) is 11.2 Å². The molecule has 0 aromatic carbocycles. The van der Waals surface area contributed by atoms with Gasteiger partial charge in [0.25, 0.3) is 0 Å². The molecule has 1 fully saturated rings. The number of terminal acetylenes is 1. The molecule has 1 saturated heterocycles. The number of aromatic nitrogens is 4. The molecule has 3 heterocycles. The van der Waals surface area contributed by atoms with Gasteiger partial charge in [0.15, 0.2) is 18.5 Å². The van der Waals surface area contributed by atoms with Gasteiger partial charge in [-0.3, -0.25) is 9.88 Å². The fraction of sp³-hybridized carbons (Fsp3) is 0.533. The second kappa shape index (κ2) is 7.79. The molecule has 0 spiro atoms. The Kier molecular flexibility index (Phi) is 5.70. The molecule has 25 heavy (non-hydrogen) atoms. The van der Waals surface area contributed by atoms with Crippen LogP contribution < -0.4 is 10.3 Å². The Morgan fingerprint density at radius 2 is 2.24 bits per heavy atom. The number of nitrogens with two attached hydrogens (primary N) is 1. The lowest BCUT2D eigenvalue weighted by atomic mass is 10.1. The second-order valence-corrected chi connectivity index (χ2v) is 6.89. The number of nitrogens with one attached hydrogen (secondary N) is 1. The smallest absolute Gasteiger partial charge is 0.309 e. The highest BCUT2D eigenvalue weighted by Crippen LogP contribution is 2.27. The number of fused-ring (bicyclic) bond motifs is 1. The highest BCUT2D eigenvalue weighted by atomic mass is 127. The zero-order valence-electron chi connectivity index (χ0n) is 13.4. The van der Waals surface area contributed by atoms with E-state index in [1.807, 2.05) is 4.90 Å². The van der Waals surface area contributed by atoms with Gasteiger partial charge in [-0.2, -0.15) is 4.98 Å². The maximum Gasteiger partial charge on any atom is 0.309 e. The van der Waals surface area contributed by atoms with Crippen molar-refractivity contribution >= 4 is 39.6 Å². The Morgan fingerprint density at radius 3 is 2.96 bits per heavy atom. The first kappa shape index (κ1) is 18.3. The molecule has 0 amide bonds. The number of ether oxygens (including phenoxy) is 1. The minimum absolute atomic E-state index is 0.301. The first-order valence-corrected chi connectivity index (χ1v) is 9.31. The van der Waals surface area contributed by atoms with E-state index < -0.39 is 24.5 Å². The van der Waals surface area contributed by atoms with Crippen LogP contribution in [0.15, 0.2) is 12.7 Å². The molecule has 0 aliphatic carbocycles. The molecule has 3 rings (SSSR count). The number of rotatable bonds is 6. The Hall–Kier alpha value is -1.52. The highest BCUT2D eigenvalue weighted by Gasteiger charge is 2.46. The summed E-state index contributed by atoms with van der Waals surface area (Å²) >= 11 is 2.27. The average Bonchev–Trinajstić information content (AvgIpc) is 3.13. The Labute approximate surface area is 158 Å². The van der Waals surface area contributed by atoms with Crippen molar-refractivity contribution in [3.63, 3.8) is 0 Å². The molecule has 134 valence electrons. The van der Waals surface area contributed by atoms with Gasteiger partial charge in [0.2, 0.25) is 11.7 Å². The Balaban J connectivity index is 1.82. The standard InChI is InChI=1S/C15H19IN6O3/c1-2-4-21(5-3-16)6-9-11(23)12(24)15(25-9)22-8-20-10-13(17)18-7-19-14(10)22/h1,7-9,11-12,15,23-24H,3-6H2,(H2,17,18,19)/p+1/t9-,11-,12-,15-/m1/s1. The average molecular weight is 459 g/mol. The van der Waals surface area contributed by atoms with Crippen molar-refractivity contribution in [2.24, 2.45) is 0 Å². The third kappa shape index (κ3) is 3.56. The lowest BCUT2D eigenvalue weighted by Gasteiger charge is -2.23. The number of anilines is 1. The van der Waals surface area contributed by atoms with E-state index in [1.165, 1.54) is 6.33 Å². The van der Waals surface area contributed by atoms with E-state index in [1.54, 1.807) is 10.9 Å². The molecule has 1 aliphatic rings. The zero-order valence-corrected chi connectivity index (χ0v) is 15.6. The first-order valence-electron chi connectivity index (χ1n) is 7.79. The summed E-state index contributed by atoms with van der Waals surface area (Å²) in [5.74, 6) is 2.91. The maximum absolute atomic E-state index is 10.5. The second-order valence-electron chi connectivity index (χ2n) is 5.81. The van der Waals surface area contributed by atoms with Gasteiger partial charge in [-0.05, 0) is 0 Å². The van der Waals surface area contributed by atoms with E-state index in [-0.39, 0.29) is 0 Å². The third-order valence-corrected chi connectivity index (χ3v) is 4.70. The molecular weight excluding hydrogens is 439 g/mol. The molecule has 2 aromatic rings. The number of aromatic amines is 1. The predicted molar refractivity (Wildman–Crippen MR) is 98.6 cm³/mol. The number of H-pyrrole nitrogens is 1. The third-order valence-electron chi connectivity index (χ3n) is 4.21. The monoisotopic (exact) mass is 459 g/mol. The van der Waals surface area contributed by atoms with Crippen molar-refractivity contribution in [1.29, 1.82) is 0 Å². The summed E-state index contributed by atoms with van der Waals surface area (Å²) in [6.07, 6.45) is 4.86. The summed E-state index contributed by atoms with van der Waals surface area (Å²) in [6.45, 7) is 1.67. The molecule has 0 radical (unpaired) electrons. The number of alkyl halides is 1. The van der Waals surface area contributed by atoms with Gasteiger partial charge in [0.05, 0.1) is 6.54 Å². The van der Waals surface area contributed by atoms with Crippen LogP contribution in [0.2, 0.25) is 0 Å². The fourth-order valence-corrected chi connectivity index (χ4v) is 3.64. The van der Waals surface area contributed by atoms with Crippen LogP contribution in [0.5, 0.6) is 0 Å². The van der Waals surface area contributed by atoms with Crippen molar-refractivity contribution in [3.8, 4) is 12.3 Å². The van der Waals surface area contributed by atoms with Gasteiger partial charge in [-0.1, -0.05) is 33.5 Å². The van der Waals surface area contributed by atoms with E-state index in [9.17, 15) is 10.2 Å². The molecule has 10 heteroatoms. The summed E-state index contributed by atoms with van der Waals surface area (Å²) in [5.41, 5.74) is 6.86. The number of aliphatic hydroxyl groups is 2. The van der Waals surface area contributed by atoms with Crippen molar-refractivity contribution in [2.45, 2.75) is 24.5 Å². The van der Waals surface area contributed by atoms with E-state index in [0.717, 1.165) is 11.0 Å². The predicted octanol–water partition coefficient (Wildman–Crippen LogP) is -1.18. The summed E-state index contributed by atoms with van der Waals surface area (Å²) in [5, 5.41) is 20.9. The Bertz CT molecular complexity index is 778. The van der Waals surface area contributed by atoms with Gasteiger partial charge >= 0.3 is 5.65 Å². The van der Waals surface area contributed by atoms with Gasteiger partial charge < -0.3 is 20.7 Å². The lowest BCUT2D eigenvalue weighted by molar-refractivity contribution is -0.745. The van der Waals surface area contributed by atoms with E-state index in [4.69, 9.17) is 16.9 Å². The van der Waals surface area contributed by atoms with Crippen molar-refractivity contribution in [3.05, 3.63) is 12.7 Å². The molecular formula is C15H20IN6O3+. The van der Waals surface area contributed by atoms with Crippen LogP contribution in [0.4, 0.5) is 5.82 Å². The number of aliphatic hydroxyl groups excluding tert-OH is 2. The number of nitrogens with zero attached hydrogens (tertiary/aromatic N) is 4. The number of hydrogen-bond donors (Lipinski definition) is 4. The van der Waals surface area contributed by atoms with Gasteiger partial charge in [0.1, 0.15) is 18.3 Å². The van der Waals surface area contributed by atoms with Crippen LogP contribution in [0.3, 0.4) is 0 Å². The van der Waals surface area contributed by atoms with E-state index in [2.05, 4.69) is 43.5 Å². The van der Waals surface area contributed by atoms with Gasteiger partial charge in [-0.25, -0.2) is 4.57 Å². The molecule has 0 unspecified atom stereocenters. The minimum atomic E-state index is -1.10. The minimum Gasteiger partial charge on any atom is -0.387 e. The normalized spacial score (nSPS) is 26.4. The van der Waals surface area contributed by atoms with Crippen molar-refractivity contribution in [1.82, 2.24) is 19.9 Å². The number of halogens is 1. The van der Waals surface area contributed by atoms with Crippen LogP contribution in [0.1, 0.15) is 6.23 Å². The number of imidazole rings is 1. The van der Waals surface area contributed by atoms with Crippen molar-refractivity contribution in [2.75, 3.05) is 29.8 Å². The van der Waals surface area contributed by atoms with Crippen LogP contribution in [-0.2, 0) is 4.74 Å². The highest BCUT2D eigenvalue weighted by molar-refractivity contribution is 14.1. The largest absolute Gasteiger partial charge is 0.387 e. The SMILES string of the molecule is C#CCN(CCI)C[C@H]1O[C@@H]([n+]2c[nH]c3c(N)ncnc32)[C@H](O)[C@@H]1O. The maximum atomic E-state index is 10.5. The number of hydrogen-bond acceptors (Lipinski definition) is 7. The molecule has 0 bridgehead atoms. The van der Waals surface area contributed by atoms with Gasteiger partial charge in [-0.15, -0.1) is 6.42 Å². The summed E-state index contributed by atoms with van der Waals surface area (Å²) in [6, 6.07) is 0. The molecule has 9 nitrogen and oxygen atoms in total. The first-order chi connectivity index (χ1) is 12.1. The number of nitrogen functional groups attached to an aromatic ring is 1. The summed E-state index contributed by atoms with van der Waals surface area (Å²) in [7, 11) is 0. The van der Waals surface area contributed by atoms with Crippen LogP contribution in [0, 0.1) is 12.3 Å².